The molecule has 2 amide bonds. The van der Waals surface area contributed by atoms with Crippen LogP contribution in [0.2, 0.25) is 0 Å². The van der Waals surface area contributed by atoms with Gasteiger partial charge in [0.05, 0.1) is 12.4 Å². The van der Waals surface area contributed by atoms with E-state index in [2.05, 4.69) is 15.6 Å². The van der Waals surface area contributed by atoms with Crippen LogP contribution in [-0.2, 0) is 4.79 Å². The molecule has 2 heterocycles. The van der Waals surface area contributed by atoms with Crippen LogP contribution in [0.5, 0.6) is 0 Å². The van der Waals surface area contributed by atoms with Gasteiger partial charge in [-0.15, -0.1) is 0 Å². The third kappa shape index (κ3) is 4.35. The number of rotatable bonds is 6. The van der Waals surface area contributed by atoms with Crippen LogP contribution in [0, 0.1) is 0 Å². The molecule has 116 valence electrons. The van der Waals surface area contributed by atoms with Gasteiger partial charge in [0.15, 0.2) is 5.76 Å². The van der Waals surface area contributed by atoms with Crippen molar-refractivity contribution < 1.29 is 19.1 Å². The van der Waals surface area contributed by atoms with Crippen molar-refractivity contribution in [2.24, 2.45) is 0 Å². The lowest BCUT2D eigenvalue weighted by Gasteiger charge is -2.11. The lowest BCUT2D eigenvalue weighted by atomic mass is 10.2. The fraction of sp³-hybridized carbons (Fsp3) is 0.200. The van der Waals surface area contributed by atoms with Gasteiger partial charge in [0.2, 0.25) is 0 Å². The normalized spacial score (nSPS) is 12.7. The third-order valence-corrected chi connectivity index (χ3v) is 2.72. The number of furan rings is 1. The molecule has 0 radical (unpaired) electrons. The number of nitrogens with one attached hydrogen (secondary N) is 3. The largest absolute Gasteiger partial charge is 0.459 e. The van der Waals surface area contributed by atoms with Crippen molar-refractivity contribution in [3.05, 3.63) is 53.9 Å². The fourth-order valence-corrected chi connectivity index (χ4v) is 1.68. The summed E-state index contributed by atoms with van der Waals surface area (Å²) in [5.41, 5.74) is 0.700. The number of carbonyl (C=O) groups excluding carboxylic acids is 2. The molecule has 0 fully saturated rings. The Morgan fingerprint density at radius 3 is 2.82 bits per heavy atom. The van der Waals surface area contributed by atoms with E-state index >= 15 is 0 Å². The maximum absolute atomic E-state index is 12.1. The molecule has 0 spiro atoms. The molecule has 4 N–H and O–H groups in total. The maximum atomic E-state index is 12.1. The summed E-state index contributed by atoms with van der Waals surface area (Å²) in [5.74, 6) is -0.939. The zero-order valence-electron chi connectivity index (χ0n) is 12.0. The summed E-state index contributed by atoms with van der Waals surface area (Å²) in [6.07, 6.45) is 3.89. The van der Waals surface area contributed by atoms with E-state index in [1.165, 1.54) is 18.4 Å². The highest BCUT2D eigenvalue weighted by Crippen LogP contribution is 2.06. The minimum atomic E-state index is -0.684. The summed E-state index contributed by atoms with van der Waals surface area (Å²) in [4.78, 5) is 27.0. The summed E-state index contributed by atoms with van der Waals surface area (Å²) in [7, 11) is 0. The Balaban J connectivity index is 2.14. The van der Waals surface area contributed by atoms with E-state index in [0.717, 1.165) is 0 Å². The highest BCUT2D eigenvalue weighted by Gasteiger charge is 2.16. The van der Waals surface area contributed by atoms with Crippen molar-refractivity contribution in [2.75, 3.05) is 6.54 Å². The van der Waals surface area contributed by atoms with Gasteiger partial charge < -0.3 is 25.1 Å². The van der Waals surface area contributed by atoms with Crippen molar-refractivity contribution in [3.63, 3.8) is 0 Å². The number of H-pyrrole nitrogens is 1. The third-order valence-electron chi connectivity index (χ3n) is 2.72. The van der Waals surface area contributed by atoms with E-state index in [9.17, 15) is 14.7 Å². The average molecular weight is 303 g/mol. The van der Waals surface area contributed by atoms with Gasteiger partial charge in [-0.1, -0.05) is 0 Å². The number of hydrogen-bond donors (Lipinski definition) is 4. The number of aromatic amines is 1. The molecule has 0 bridgehead atoms. The number of aliphatic hydroxyl groups is 1. The monoisotopic (exact) mass is 303 g/mol. The Morgan fingerprint density at radius 2 is 2.23 bits per heavy atom. The summed E-state index contributed by atoms with van der Waals surface area (Å²) in [5, 5.41) is 14.3. The lowest BCUT2D eigenvalue weighted by Crippen LogP contribution is -2.37. The van der Waals surface area contributed by atoms with E-state index in [1.54, 1.807) is 31.3 Å². The number of hydrogen-bond acceptors (Lipinski definition) is 4. The summed E-state index contributed by atoms with van der Waals surface area (Å²) in [6, 6.07) is 6.60. The molecule has 0 aliphatic heterocycles. The molecule has 0 aliphatic carbocycles. The minimum Gasteiger partial charge on any atom is -0.459 e. The van der Waals surface area contributed by atoms with Crippen molar-refractivity contribution in [1.82, 2.24) is 15.6 Å². The van der Waals surface area contributed by atoms with Crippen molar-refractivity contribution in [2.45, 2.75) is 13.0 Å². The van der Waals surface area contributed by atoms with E-state index in [0.29, 0.717) is 5.69 Å². The van der Waals surface area contributed by atoms with Crippen molar-refractivity contribution in [1.29, 1.82) is 0 Å². The first-order valence-corrected chi connectivity index (χ1v) is 6.72. The average Bonchev–Trinajstić information content (AvgIpc) is 3.16. The molecule has 0 saturated carbocycles. The molecule has 2 aromatic rings. The molecule has 1 unspecified atom stereocenters. The standard InChI is InChI=1S/C15H17N3O4/c1-10(19)9-17-14(20)12(8-11-4-2-6-16-11)18-15(21)13-5-3-7-22-13/h2-8,10,16,19H,9H2,1H3,(H,17,20)(H,18,21). The number of amides is 2. The molecule has 0 saturated heterocycles. The fourth-order valence-electron chi connectivity index (χ4n) is 1.68. The Kier molecular flexibility index (Phi) is 5.16. The van der Waals surface area contributed by atoms with Crippen LogP contribution in [-0.4, -0.2) is 34.6 Å². The van der Waals surface area contributed by atoms with Crippen LogP contribution in [0.3, 0.4) is 0 Å². The Bertz CT molecular complexity index is 642. The Morgan fingerprint density at radius 1 is 1.41 bits per heavy atom. The zero-order chi connectivity index (χ0) is 15.9. The molecule has 7 nitrogen and oxygen atoms in total. The van der Waals surface area contributed by atoms with Gasteiger partial charge in [0.25, 0.3) is 11.8 Å². The van der Waals surface area contributed by atoms with Gasteiger partial charge in [-0.2, -0.15) is 0 Å². The lowest BCUT2D eigenvalue weighted by molar-refractivity contribution is -0.118. The van der Waals surface area contributed by atoms with Crippen LogP contribution in [0.1, 0.15) is 23.2 Å². The maximum Gasteiger partial charge on any atom is 0.291 e. The first kappa shape index (κ1) is 15.6. The summed E-state index contributed by atoms with van der Waals surface area (Å²) >= 11 is 0. The molecular weight excluding hydrogens is 286 g/mol. The first-order valence-electron chi connectivity index (χ1n) is 6.72. The second kappa shape index (κ2) is 7.28. The zero-order valence-corrected chi connectivity index (χ0v) is 12.0. The van der Waals surface area contributed by atoms with Crippen molar-refractivity contribution in [3.8, 4) is 0 Å². The van der Waals surface area contributed by atoms with Gasteiger partial charge in [-0.3, -0.25) is 9.59 Å². The van der Waals surface area contributed by atoms with Crippen LogP contribution >= 0.6 is 0 Å². The smallest absolute Gasteiger partial charge is 0.291 e. The van der Waals surface area contributed by atoms with E-state index in [1.807, 2.05) is 0 Å². The predicted octanol–water partition coefficient (Wildman–Crippen LogP) is 0.876. The van der Waals surface area contributed by atoms with Gasteiger partial charge in [0.1, 0.15) is 5.70 Å². The highest BCUT2D eigenvalue weighted by atomic mass is 16.3. The number of aliphatic hydroxyl groups excluding tert-OH is 1. The molecule has 2 rings (SSSR count). The quantitative estimate of drug-likeness (QED) is 0.594. The van der Waals surface area contributed by atoms with Crippen LogP contribution in [0.4, 0.5) is 0 Å². The van der Waals surface area contributed by atoms with E-state index in [-0.39, 0.29) is 18.0 Å². The Hall–Kier alpha value is -2.80. The SMILES string of the molecule is CC(O)CNC(=O)C(=Cc1ccc[nH]1)NC(=O)c1ccco1. The molecule has 2 aromatic heterocycles. The molecule has 0 aliphatic rings. The highest BCUT2D eigenvalue weighted by molar-refractivity contribution is 6.04. The summed E-state index contributed by atoms with van der Waals surface area (Å²) in [6.45, 7) is 1.63. The number of carbonyl (C=O) groups is 2. The molecular formula is C15H17N3O4. The molecule has 22 heavy (non-hydrogen) atoms. The molecule has 1 atom stereocenters. The van der Waals surface area contributed by atoms with Gasteiger partial charge in [-0.25, -0.2) is 0 Å². The molecule has 0 aromatic carbocycles. The van der Waals surface area contributed by atoms with Gasteiger partial charge >= 0.3 is 0 Å². The number of aromatic nitrogens is 1. The topological polar surface area (TPSA) is 107 Å². The summed E-state index contributed by atoms with van der Waals surface area (Å²) < 4.78 is 4.99. The molecule has 7 heteroatoms. The van der Waals surface area contributed by atoms with Crippen LogP contribution < -0.4 is 10.6 Å². The van der Waals surface area contributed by atoms with E-state index in [4.69, 9.17) is 4.42 Å². The van der Waals surface area contributed by atoms with Gasteiger partial charge in [0, 0.05) is 18.4 Å². The van der Waals surface area contributed by atoms with Crippen LogP contribution in [0.25, 0.3) is 6.08 Å². The first-order chi connectivity index (χ1) is 10.6. The Labute approximate surface area is 127 Å². The van der Waals surface area contributed by atoms with Crippen LogP contribution in [0.15, 0.2) is 46.8 Å². The van der Waals surface area contributed by atoms with E-state index < -0.39 is 17.9 Å². The van der Waals surface area contributed by atoms with Crippen molar-refractivity contribution >= 4 is 17.9 Å². The minimum absolute atomic E-state index is 0.0458. The second-order valence-corrected chi connectivity index (χ2v) is 4.67. The van der Waals surface area contributed by atoms with Gasteiger partial charge in [-0.05, 0) is 37.3 Å². The predicted molar refractivity (Wildman–Crippen MR) is 79.6 cm³/mol. The second-order valence-electron chi connectivity index (χ2n) is 4.67.